The summed E-state index contributed by atoms with van der Waals surface area (Å²) in [5.41, 5.74) is 1.76. The van der Waals surface area contributed by atoms with Crippen molar-refractivity contribution in [1.29, 1.82) is 0 Å². The molecular formula is C19H24N2O4. The Morgan fingerprint density at radius 2 is 1.96 bits per heavy atom. The molecule has 0 aliphatic heterocycles. The molecule has 0 saturated carbocycles. The lowest BCUT2D eigenvalue weighted by atomic mass is 10.0. The van der Waals surface area contributed by atoms with E-state index in [2.05, 4.69) is 10.6 Å². The smallest absolute Gasteiger partial charge is 0.287 e. The van der Waals surface area contributed by atoms with Crippen molar-refractivity contribution < 1.29 is 18.7 Å². The molecule has 1 aromatic carbocycles. The monoisotopic (exact) mass is 344 g/mol. The summed E-state index contributed by atoms with van der Waals surface area (Å²) in [5, 5.41) is 5.48. The number of benzene rings is 1. The first-order valence-corrected chi connectivity index (χ1v) is 8.26. The van der Waals surface area contributed by atoms with Crippen LogP contribution in [0.1, 0.15) is 46.8 Å². The maximum Gasteiger partial charge on any atom is 0.287 e. The molecular weight excluding hydrogens is 320 g/mol. The van der Waals surface area contributed by atoms with Crippen LogP contribution in [0.3, 0.4) is 0 Å². The molecule has 0 radical (unpaired) electrons. The van der Waals surface area contributed by atoms with E-state index in [1.165, 1.54) is 0 Å². The SMILES string of the molecule is CC[C@@H](NC(=O)c1cc(C)c(C)o1)c1ccccc1OCC(=O)NC. The topological polar surface area (TPSA) is 80.6 Å². The number of furan rings is 1. The van der Waals surface area contributed by atoms with Crippen molar-refractivity contribution in [3.63, 3.8) is 0 Å². The molecule has 0 aliphatic carbocycles. The Morgan fingerprint density at radius 3 is 2.56 bits per heavy atom. The zero-order valence-corrected chi connectivity index (χ0v) is 15.0. The highest BCUT2D eigenvalue weighted by Crippen LogP contribution is 2.27. The number of amides is 2. The lowest BCUT2D eigenvalue weighted by Crippen LogP contribution is -2.29. The van der Waals surface area contributed by atoms with E-state index in [-0.39, 0.29) is 30.2 Å². The first-order chi connectivity index (χ1) is 12.0. The summed E-state index contributed by atoms with van der Waals surface area (Å²) in [7, 11) is 1.56. The van der Waals surface area contributed by atoms with Crippen LogP contribution in [-0.4, -0.2) is 25.5 Å². The number of nitrogens with one attached hydrogen (secondary N) is 2. The van der Waals surface area contributed by atoms with Crippen LogP contribution >= 0.6 is 0 Å². The predicted molar refractivity (Wildman–Crippen MR) is 94.7 cm³/mol. The Balaban J connectivity index is 2.17. The first kappa shape index (κ1) is 18.6. The van der Waals surface area contributed by atoms with E-state index >= 15 is 0 Å². The molecule has 0 spiro atoms. The fourth-order valence-corrected chi connectivity index (χ4v) is 2.43. The number of carbonyl (C=O) groups is 2. The molecule has 0 aliphatic rings. The average Bonchev–Trinajstić information content (AvgIpc) is 2.96. The predicted octanol–water partition coefficient (Wildman–Crippen LogP) is 2.90. The summed E-state index contributed by atoms with van der Waals surface area (Å²) < 4.78 is 11.1. The van der Waals surface area contributed by atoms with Crippen molar-refractivity contribution in [3.05, 3.63) is 53.0 Å². The van der Waals surface area contributed by atoms with Gasteiger partial charge in [0.1, 0.15) is 11.5 Å². The van der Waals surface area contributed by atoms with Crippen molar-refractivity contribution in [1.82, 2.24) is 10.6 Å². The second kappa shape index (κ2) is 8.37. The van der Waals surface area contributed by atoms with Crippen molar-refractivity contribution in [3.8, 4) is 5.75 Å². The molecule has 0 fully saturated rings. The minimum absolute atomic E-state index is 0.0749. The molecule has 134 valence electrons. The summed E-state index contributed by atoms with van der Waals surface area (Å²) in [4.78, 5) is 23.9. The van der Waals surface area contributed by atoms with Crippen LogP contribution in [0, 0.1) is 13.8 Å². The van der Waals surface area contributed by atoms with Crippen molar-refractivity contribution in [2.45, 2.75) is 33.2 Å². The van der Waals surface area contributed by atoms with Crippen LogP contribution in [0.5, 0.6) is 5.75 Å². The van der Waals surface area contributed by atoms with Gasteiger partial charge < -0.3 is 19.8 Å². The summed E-state index contributed by atoms with van der Waals surface area (Å²) in [6, 6.07) is 8.85. The molecule has 0 unspecified atom stereocenters. The minimum Gasteiger partial charge on any atom is -0.483 e. The Morgan fingerprint density at radius 1 is 1.24 bits per heavy atom. The van der Waals surface area contributed by atoms with Crippen molar-refractivity contribution in [2.75, 3.05) is 13.7 Å². The highest BCUT2D eigenvalue weighted by molar-refractivity contribution is 5.92. The molecule has 1 heterocycles. The van der Waals surface area contributed by atoms with E-state index in [1.54, 1.807) is 19.2 Å². The average molecular weight is 344 g/mol. The van der Waals surface area contributed by atoms with Gasteiger partial charge >= 0.3 is 0 Å². The standard InChI is InChI=1S/C19H24N2O4/c1-5-15(21-19(23)17-10-12(2)13(3)25-17)14-8-6-7-9-16(14)24-11-18(22)20-4/h6-10,15H,5,11H2,1-4H3,(H,20,22)(H,21,23)/t15-/m1/s1. The van der Waals surface area contributed by atoms with Gasteiger partial charge in [-0.05, 0) is 38.0 Å². The molecule has 0 bridgehead atoms. The molecule has 6 heteroatoms. The van der Waals surface area contributed by atoms with Gasteiger partial charge in [0.05, 0.1) is 6.04 Å². The molecule has 2 rings (SSSR count). The Labute approximate surface area is 147 Å². The fraction of sp³-hybridized carbons (Fsp3) is 0.368. The van der Waals surface area contributed by atoms with Gasteiger partial charge in [-0.15, -0.1) is 0 Å². The highest BCUT2D eigenvalue weighted by Gasteiger charge is 2.20. The Bertz CT molecular complexity index is 732. The van der Waals surface area contributed by atoms with E-state index in [1.807, 2.05) is 39.0 Å². The van der Waals surface area contributed by atoms with Crippen LogP contribution < -0.4 is 15.4 Å². The zero-order valence-electron chi connectivity index (χ0n) is 15.0. The van der Waals surface area contributed by atoms with Crippen LogP contribution in [0.15, 0.2) is 34.7 Å². The minimum atomic E-state index is -0.274. The van der Waals surface area contributed by atoms with Gasteiger partial charge in [0.25, 0.3) is 11.8 Å². The number of likely N-dealkylation sites (N-methyl/N-ethyl adjacent to an activating group) is 1. The van der Waals surface area contributed by atoms with Crippen molar-refractivity contribution in [2.24, 2.45) is 0 Å². The molecule has 2 amide bonds. The fourth-order valence-electron chi connectivity index (χ4n) is 2.43. The molecule has 1 atom stereocenters. The third kappa shape index (κ3) is 4.62. The number of para-hydroxylation sites is 1. The number of hydrogen-bond acceptors (Lipinski definition) is 4. The van der Waals surface area contributed by atoms with Gasteiger partial charge in [-0.1, -0.05) is 25.1 Å². The Kier molecular flexibility index (Phi) is 6.22. The van der Waals surface area contributed by atoms with Gasteiger partial charge in [0, 0.05) is 12.6 Å². The van der Waals surface area contributed by atoms with E-state index in [4.69, 9.17) is 9.15 Å². The number of rotatable bonds is 7. The Hall–Kier alpha value is -2.76. The molecule has 25 heavy (non-hydrogen) atoms. The van der Waals surface area contributed by atoms with Crippen molar-refractivity contribution >= 4 is 11.8 Å². The molecule has 2 aromatic rings. The number of ether oxygens (including phenoxy) is 1. The highest BCUT2D eigenvalue weighted by atomic mass is 16.5. The van der Waals surface area contributed by atoms with Crippen LogP contribution in [0.2, 0.25) is 0 Å². The summed E-state index contributed by atoms with van der Waals surface area (Å²) in [5.74, 6) is 1.10. The van der Waals surface area contributed by atoms with Gasteiger partial charge in [-0.25, -0.2) is 0 Å². The first-order valence-electron chi connectivity index (χ1n) is 8.26. The lowest BCUT2D eigenvalue weighted by Gasteiger charge is -2.20. The zero-order chi connectivity index (χ0) is 18.4. The van der Waals surface area contributed by atoms with E-state index < -0.39 is 0 Å². The number of carbonyl (C=O) groups excluding carboxylic acids is 2. The van der Waals surface area contributed by atoms with E-state index in [0.717, 1.165) is 16.9 Å². The normalized spacial score (nSPS) is 11.7. The van der Waals surface area contributed by atoms with E-state index in [0.29, 0.717) is 12.2 Å². The number of aryl methyl sites for hydroxylation is 2. The lowest BCUT2D eigenvalue weighted by molar-refractivity contribution is -0.122. The van der Waals surface area contributed by atoms with Crippen LogP contribution in [0.4, 0.5) is 0 Å². The molecule has 2 N–H and O–H groups in total. The maximum atomic E-state index is 12.5. The van der Waals surface area contributed by atoms with Crippen LogP contribution in [-0.2, 0) is 4.79 Å². The number of hydrogen-bond donors (Lipinski definition) is 2. The summed E-state index contributed by atoms with van der Waals surface area (Å²) in [6.45, 7) is 5.62. The van der Waals surface area contributed by atoms with Gasteiger partial charge in [0.2, 0.25) is 0 Å². The second-order valence-electron chi connectivity index (χ2n) is 5.78. The van der Waals surface area contributed by atoms with Gasteiger partial charge in [0.15, 0.2) is 12.4 Å². The summed E-state index contributed by atoms with van der Waals surface area (Å²) >= 11 is 0. The maximum absolute atomic E-state index is 12.5. The third-order valence-corrected chi connectivity index (χ3v) is 4.04. The van der Waals surface area contributed by atoms with Crippen LogP contribution in [0.25, 0.3) is 0 Å². The molecule has 6 nitrogen and oxygen atoms in total. The second-order valence-corrected chi connectivity index (χ2v) is 5.78. The molecule has 1 aromatic heterocycles. The molecule has 0 saturated heterocycles. The van der Waals surface area contributed by atoms with Gasteiger partial charge in [-0.3, -0.25) is 9.59 Å². The quantitative estimate of drug-likeness (QED) is 0.809. The summed E-state index contributed by atoms with van der Waals surface area (Å²) in [6.07, 6.45) is 0.671. The van der Waals surface area contributed by atoms with E-state index in [9.17, 15) is 9.59 Å². The van der Waals surface area contributed by atoms with Gasteiger partial charge in [-0.2, -0.15) is 0 Å². The largest absolute Gasteiger partial charge is 0.483 e. The third-order valence-electron chi connectivity index (χ3n) is 4.04.